The molecule has 0 aliphatic heterocycles. The van der Waals surface area contributed by atoms with Crippen molar-refractivity contribution in [3.8, 4) is 0 Å². The molecule has 1 aliphatic rings. The Balaban J connectivity index is 2.04. The highest BCUT2D eigenvalue weighted by atomic mass is 15.0. The Morgan fingerprint density at radius 3 is 3.18 bits per heavy atom. The fourth-order valence-corrected chi connectivity index (χ4v) is 2.95. The summed E-state index contributed by atoms with van der Waals surface area (Å²) in [6.45, 7) is 2.27. The minimum atomic E-state index is 0.815. The van der Waals surface area contributed by atoms with Crippen molar-refractivity contribution in [3.05, 3.63) is 29.7 Å². The highest BCUT2D eigenvalue weighted by molar-refractivity contribution is 5.50. The van der Waals surface area contributed by atoms with E-state index in [0.29, 0.717) is 0 Å². The molecule has 0 aromatic carbocycles. The zero-order chi connectivity index (χ0) is 11.8. The van der Waals surface area contributed by atoms with E-state index in [9.17, 15) is 0 Å². The Hall–Kier alpha value is -1.51. The molecule has 3 heteroatoms. The summed E-state index contributed by atoms with van der Waals surface area (Å²) >= 11 is 0. The molecule has 0 radical (unpaired) electrons. The molecule has 2 aromatic rings. The van der Waals surface area contributed by atoms with Crippen LogP contribution >= 0.6 is 0 Å². The monoisotopic (exact) mass is 229 g/mol. The second-order valence-electron chi connectivity index (χ2n) is 5.09. The molecule has 0 saturated heterocycles. The third-order valence-corrected chi connectivity index (χ3v) is 3.79. The molecule has 2 heterocycles. The van der Waals surface area contributed by atoms with Crippen LogP contribution in [-0.4, -0.2) is 9.38 Å². The Kier molecular flexibility index (Phi) is 2.54. The van der Waals surface area contributed by atoms with Crippen molar-refractivity contribution in [3.63, 3.8) is 0 Å². The van der Waals surface area contributed by atoms with Gasteiger partial charge in [0.1, 0.15) is 5.65 Å². The second-order valence-corrected chi connectivity index (χ2v) is 5.09. The highest BCUT2D eigenvalue weighted by Crippen LogP contribution is 2.29. The molecule has 17 heavy (non-hydrogen) atoms. The number of anilines is 1. The molecule has 3 rings (SSSR count). The minimum Gasteiger partial charge on any atom is -0.398 e. The number of nitrogen functional groups attached to an aromatic ring is 1. The summed E-state index contributed by atoms with van der Waals surface area (Å²) in [6, 6.07) is 3.94. The van der Waals surface area contributed by atoms with Crippen molar-refractivity contribution < 1.29 is 0 Å². The van der Waals surface area contributed by atoms with Crippen molar-refractivity contribution in [2.75, 3.05) is 5.73 Å². The number of rotatable bonds is 2. The summed E-state index contributed by atoms with van der Waals surface area (Å²) in [7, 11) is 0. The molecule has 0 spiro atoms. The molecule has 0 saturated carbocycles. The van der Waals surface area contributed by atoms with Gasteiger partial charge in [0.25, 0.3) is 0 Å². The number of nitrogens with two attached hydrogens (primary N) is 1. The van der Waals surface area contributed by atoms with Crippen LogP contribution in [0.2, 0.25) is 0 Å². The first-order chi connectivity index (χ1) is 8.28. The van der Waals surface area contributed by atoms with Gasteiger partial charge in [-0.05, 0) is 37.3 Å². The van der Waals surface area contributed by atoms with Crippen molar-refractivity contribution in [2.45, 2.75) is 39.0 Å². The molecular weight excluding hydrogens is 210 g/mol. The highest BCUT2D eigenvalue weighted by Gasteiger charge is 2.22. The van der Waals surface area contributed by atoms with Crippen LogP contribution < -0.4 is 5.73 Å². The van der Waals surface area contributed by atoms with Gasteiger partial charge in [-0.15, -0.1) is 0 Å². The Bertz CT molecular complexity index is 542. The van der Waals surface area contributed by atoms with Crippen LogP contribution in [0.5, 0.6) is 0 Å². The topological polar surface area (TPSA) is 43.3 Å². The van der Waals surface area contributed by atoms with Crippen molar-refractivity contribution in [2.24, 2.45) is 5.92 Å². The van der Waals surface area contributed by atoms with Gasteiger partial charge in [0.2, 0.25) is 0 Å². The van der Waals surface area contributed by atoms with Gasteiger partial charge in [-0.3, -0.25) is 0 Å². The number of pyridine rings is 1. The molecule has 1 aliphatic carbocycles. The molecule has 2 aromatic heterocycles. The number of aromatic nitrogens is 2. The summed E-state index contributed by atoms with van der Waals surface area (Å²) < 4.78 is 2.19. The lowest BCUT2D eigenvalue weighted by atomic mass is 9.87. The first-order valence-corrected chi connectivity index (χ1v) is 6.53. The third kappa shape index (κ3) is 1.79. The van der Waals surface area contributed by atoms with Crippen LogP contribution in [0, 0.1) is 5.92 Å². The number of nitrogens with zero attached hydrogens (tertiary/aromatic N) is 2. The van der Waals surface area contributed by atoms with Gasteiger partial charge in [-0.2, -0.15) is 0 Å². The van der Waals surface area contributed by atoms with E-state index in [-0.39, 0.29) is 0 Å². The number of fused-ring (bicyclic) bond motifs is 3. The number of imidazole rings is 1. The smallest absolute Gasteiger partial charge is 0.137 e. The lowest BCUT2D eigenvalue weighted by Gasteiger charge is -2.21. The van der Waals surface area contributed by atoms with E-state index in [1.165, 1.54) is 30.7 Å². The largest absolute Gasteiger partial charge is 0.398 e. The van der Waals surface area contributed by atoms with Gasteiger partial charge < -0.3 is 10.1 Å². The van der Waals surface area contributed by atoms with Crippen LogP contribution in [0.1, 0.15) is 37.6 Å². The number of hydrogen-bond donors (Lipinski definition) is 1. The molecule has 0 amide bonds. The van der Waals surface area contributed by atoms with Gasteiger partial charge in [0.05, 0.1) is 5.69 Å². The molecule has 1 unspecified atom stereocenters. The van der Waals surface area contributed by atoms with E-state index in [0.717, 1.165) is 30.1 Å². The normalized spacial score (nSPS) is 19.5. The van der Waals surface area contributed by atoms with Gasteiger partial charge in [-0.25, -0.2) is 4.98 Å². The third-order valence-electron chi connectivity index (χ3n) is 3.79. The van der Waals surface area contributed by atoms with Gasteiger partial charge in [0.15, 0.2) is 0 Å². The van der Waals surface area contributed by atoms with E-state index in [1.54, 1.807) is 0 Å². The van der Waals surface area contributed by atoms with Gasteiger partial charge in [-0.1, -0.05) is 19.8 Å². The Morgan fingerprint density at radius 2 is 2.35 bits per heavy atom. The van der Waals surface area contributed by atoms with Crippen LogP contribution in [0.4, 0.5) is 5.69 Å². The quantitative estimate of drug-likeness (QED) is 0.860. The summed E-state index contributed by atoms with van der Waals surface area (Å²) in [4.78, 5) is 4.70. The van der Waals surface area contributed by atoms with Crippen molar-refractivity contribution in [1.82, 2.24) is 9.38 Å². The van der Waals surface area contributed by atoms with Crippen LogP contribution in [0.3, 0.4) is 0 Å². The summed E-state index contributed by atoms with van der Waals surface area (Å²) in [5.74, 6) is 0.828. The van der Waals surface area contributed by atoms with Crippen LogP contribution in [0.15, 0.2) is 18.3 Å². The molecule has 0 fully saturated rings. The summed E-state index contributed by atoms with van der Waals surface area (Å²) in [5.41, 5.74) is 10.4. The van der Waals surface area contributed by atoms with Gasteiger partial charge >= 0.3 is 0 Å². The zero-order valence-electron chi connectivity index (χ0n) is 10.3. The molecular formula is C14H19N3. The van der Waals surface area contributed by atoms with Crippen LogP contribution in [-0.2, 0) is 12.8 Å². The predicted molar refractivity (Wildman–Crippen MR) is 70.0 cm³/mol. The first-order valence-electron chi connectivity index (χ1n) is 6.53. The fraction of sp³-hybridized carbons (Fsp3) is 0.500. The minimum absolute atomic E-state index is 0.815. The number of hydrogen-bond acceptors (Lipinski definition) is 2. The molecule has 1 atom stereocenters. The lowest BCUT2D eigenvalue weighted by molar-refractivity contribution is 0.414. The van der Waals surface area contributed by atoms with E-state index in [4.69, 9.17) is 10.7 Å². The van der Waals surface area contributed by atoms with Gasteiger partial charge in [0, 0.05) is 17.6 Å². The SMILES string of the molecule is CCCC1CCc2nc3ccc(N)cn3c2C1. The van der Waals surface area contributed by atoms with E-state index >= 15 is 0 Å². The maximum absolute atomic E-state index is 5.86. The average molecular weight is 229 g/mol. The summed E-state index contributed by atoms with van der Waals surface area (Å²) in [5, 5.41) is 0. The summed E-state index contributed by atoms with van der Waals surface area (Å²) in [6.07, 6.45) is 8.19. The van der Waals surface area contributed by atoms with Crippen LogP contribution in [0.25, 0.3) is 5.65 Å². The molecule has 3 nitrogen and oxygen atoms in total. The molecule has 0 bridgehead atoms. The van der Waals surface area contributed by atoms with Crippen molar-refractivity contribution in [1.29, 1.82) is 0 Å². The lowest BCUT2D eigenvalue weighted by Crippen LogP contribution is -2.15. The maximum atomic E-state index is 5.86. The van der Waals surface area contributed by atoms with E-state index in [1.807, 2.05) is 18.3 Å². The predicted octanol–water partition coefficient (Wildman–Crippen LogP) is 2.82. The zero-order valence-corrected chi connectivity index (χ0v) is 10.3. The molecule has 90 valence electrons. The van der Waals surface area contributed by atoms with E-state index in [2.05, 4.69) is 11.3 Å². The maximum Gasteiger partial charge on any atom is 0.137 e. The Morgan fingerprint density at radius 1 is 1.47 bits per heavy atom. The molecule has 2 N–H and O–H groups in total. The average Bonchev–Trinajstić information content (AvgIpc) is 2.67. The standard InChI is InChI=1S/C14H19N3/c1-2-3-10-4-6-12-13(8-10)17-9-11(15)5-7-14(17)16-12/h5,7,9-10H,2-4,6,8,15H2,1H3. The first kappa shape index (κ1) is 10.6. The Labute approximate surface area is 102 Å². The number of aryl methyl sites for hydroxylation is 1. The fourth-order valence-electron chi connectivity index (χ4n) is 2.95. The van der Waals surface area contributed by atoms with E-state index < -0.39 is 0 Å². The second kappa shape index (κ2) is 4.06. The van der Waals surface area contributed by atoms with Crippen molar-refractivity contribution >= 4 is 11.3 Å².